The lowest BCUT2D eigenvalue weighted by atomic mass is 10.4. The standard InChI is InChI=1S/C9H20N3OP/c1-5-12(6-2)14-10(3)8-7-9(13)11(14)4/h5-8H2,1-4H3. The first kappa shape index (κ1) is 11.9. The smallest absolute Gasteiger partial charge is 0.228 e. The zero-order valence-corrected chi connectivity index (χ0v) is 10.4. The highest BCUT2D eigenvalue weighted by molar-refractivity contribution is 7.50. The molecule has 1 saturated heterocycles. The Morgan fingerprint density at radius 2 is 1.93 bits per heavy atom. The van der Waals surface area contributed by atoms with Gasteiger partial charge in [-0.1, -0.05) is 13.8 Å². The van der Waals surface area contributed by atoms with Crippen LogP contribution < -0.4 is 0 Å². The van der Waals surface area contributed by atoms with Gasteiger partial charge in [-0.15, -0.1) is 0 Å². The van der Waals surface area contributed by atoms with E-state index >= 15 is 0 Å². The van der Waals surface area contributed by atoms with Gasteiger partial charge in [-0.25, -0.2) is 0 Å². The van der Waals surface area contributed by atoms with E-state index in [9.17, 15) is 4.79 Å². The summed E-state index contributed by atoms with van der Waals surface area (Å²) < 4.78 is 6.56. The Kier molecular flexibility index (Phi) is 4.30. The molecule has 0 spiro atoms. The number of carbonyl (C=O) groups is 1. The van der Waals surface area contributed by atoms with E-state index in [1.54, 1.807) is 0 Å². The zero-order valence-electron chi connectivity index (χ0n) is 9.53. The molecule has 82 valence electrons. The van der Waals surface area contributed by atoms with Crippen LogP contribution in [0.3, 0.4) is 0 Å². The highest BCUT2D eigenvalue weighted by Crippen LogP contribution is 2.48. The van der Waals surface area contributed by atoms with E-state index in [4.69, 9.17) is 0 Å². The van der Waals surface area contributed by atoms with Crippen molar-refractivity contribution in [1.29, 1.82) is 0 Å². The highest BCUT2D eigenvalue weighted by Gasteiger charge is 2.32. The number of carbonyl (C=O) groups excluding carboxylic acids is 1. The van der Waals surface area contributed by atoms with Crippen molar-refractivity contribution < 1.29 is 4.79 Å². The SMILES string of the molecule is CCN(CC)P1N(C)CCC(=O)N1C. The number of hydrogen-bond acceptors (Lipinski definition) is 3. The Morgan fingerprint density at radius 3 is 2.43 bits per heavy atom. The molecule has 0 saturated carbocycles. The van der Waals surface area contributed by atoms with Crippen molar-refractivity contribution >= 4 is 14.3 Å². The summed E-state index contributed by atoms with van der Waals surface area (Å²) in [6.45, 7) is 7.19. The summed E-state index contributed by atoms with van der Waals surface area (Å²) in [5.41, 5.74) is 0. The monoisotopic (exact) mass is 217 g/mol. The summed E-state index contributed by atoms with van der Waals surface area (Å²) in [4.78, 5) is 11.6. The Labute approximate surface area is 87.8 Å². The van der Waals surface area contributed by atoms with Crippen molar-refractivity contribution in [2.75, 3.05) is 33.7 Å². The largest absolute Gasteiger partial charge is 0.299 e. The number of hydrogen-bond donors (Lipinski definition) is 0. The summed E-state index contributed by atoms with van der Waals surface area (Å²) >= 11 is 0. The van der Waals surface area contributed by atoms with Gasteiger partial charge in [-0.3, -0.25) is 18.8 Å². The molecule has 5 heteroatoms. The maximum Gasteiger partial charge on any atom is 0.228 e. The molecular formula is C9H20N3OP. The average molecular weight is 217 g/mol. The topological polar surface area (TPSA) is 26.8 Å². The van der Waals surface area contributed by atoms with Crippen molar-refractivity contribution in [3.05, 3.63) is 0 Å². The van der Waals surface area contributed by atoms with Gasteiger partial charge in [0.05, 0.1) is 0 Å². The number of nitrogens with zero attached hydrogens (tertiary/aromatic N) is 3. The van der Waals surface area contributed by atoms with E-state index in [2.05, 4.69) is 30.2 Å². The maximum absolute atomic E-state index is 11.6. The molecule has 0 aromatic carbocycles. The maximum atomic E-state index is 11.6. The van der Waals surface area contributed by atoms with Gasteiger partial charge in [-0.05, 0) is 7.05 Å². The van der Waals surface area contributed by atoms with Gasteiger partial charge < -0.3 is 0 Å². The van der Waals surface area contributed by atoms with Crippen LogP contribution in [0.4, 0.5) is 0 Å². The molecule has 4 nitrogen and oxygen atoms in total. The van der Waals surface area contributed by atoms with Crippen LogP contribution in [0.25, 0.3) is 0 Å². The fourth-order valence-electron chi connectivity index (χ4n) is 1.72. The first-order valence-electron chi connectivity index (χ1n) is 5.14. The van der Waals surface area contributed by atoms with E-state index in [1.807, 2.05) is 11.7 Å². The fourth-order valence-corrected chi connectivity index (χ4v) is 4.07. The van der Waals surface area contributed by atoms with Gasteiger partial charge in [0.15, 0.2) is 8.37 Å². The van der Waals surface area contributed by atoms with E-state index in [1.165, 1.54) is 0 Å². The third kappa shape index (κ3) is 2.25. The van der Waals surface area contributed by atoms with Gasteiger partial charge in [0.25, 0.3) is 0 Å². The third-order valence-corrected chi connectivity index (χ3v) is 5.21. The first-order chi connectivity index (χ1) is 6.61. The summed E-state index contributed by atoms with van der Waals surface area (Å²) in [6.07, 6.45) is 0.660. The van der Waals surface area contributed by atoms with Crippen molar-refractivity contribution in [3.63, 3.8) is 0 Å². The zero-order chi connectivity index (χ0) is 10.7. The second-order valence-corrected chi connectivity index (χ2v) is 5.84. The highest BCUT2D eigenvalue weighted by atomic mass is 31.2. The predicted octanol–water partition coefficient (Wildman–Crippen LogP) is 1.35. The molecule has 1 fully saturated rings. The van der Waals surface area contributed by atoms with Crippen molar-refractivity contribution in [2.45, 2.75) is 20.3 Å². The Hall–Kier alpha value is -0.180. The quantitative estimate of drug-likeness (QED) is 0.668. The second kappa shape index (κ2) is 5.06. The fraction of sp³-hybridized carbons (Fsp3) is 0.889. The number of rotatable bonds is 3. The van der Waals surface area contributed by atoms with E-state index in [0.29, 0.717) is 6.42 Å². The van der Waals surface area contributed by atoms with Crippen molar-refractivity contribution in [3.8, 4) is 0 Å². The molecular weight excluding hydrogens is 197 g/mol. The minimum Gasteiger partial charge on any atom is -0.299 e. The molecule has 1 aliphatic rings. The van der Waals surface area contributed by atoms with Crippen molar-refractivity contribution in [2.24, 2.45) is 0 Å². The molecule has 1 atom stereocenters. The van der Waals surface area contributed by atoms with Gasteiger partial charge >= 0.3 is 0 Å². The number of amides is 1. The lowest BCUT2D eigenvalue weighted by Crippen LogP contribution is -2.42. The minimum atomic E-state index is -0.547. The van der Waals surface area contributed by atoms with Crippen LogP contribution in [0, 0.1) is 0 Å². The summed E-state index contributed by atoms with van der Waals surface area (Å²) in [6, 6.07) is 0. The summed E-state index contributed by atoms with van der Waals surface area (Å²) in [7, 11) is 3.48. The van der Waals surface area contributed by atoms with Crippen LogP contribution in [0.1, 0.15) is 20.3 Å². The van der Waals surface area contributed by atoms with Crippen molar-refractivity contribution in [1.82, 2.24) is 14.0 Å². The molecule has 0 N–H and O–H groups in total. The van der Waals surface area contributed by atoms with E-state index < -0.39 is 8.37 Å². The third-order valence-electron chi connectivity index (χ3n) is 2.57. The first-order valence-corrected chi connectivity index (χ1v) is 6.34. The molecule has 0 aromatic heterocycles. The Morgan fingerprint density at radius 1 is 1.36 bits per heavy atom. The van der Waals surface area contributed by atoms with Crippen LogP contribution in [-0.4, -0.2) is 53.6 Å². The molecule has 1 amide bonds. The lowest BCUT2D eigenvalue weighted by Gasteiger charge is -2.44. The molecule has 1 aliphatic heterocycles. The van der Waals surface area contributed by atoms with Crippen LogP contribution in [0.15, 0.2) is 0 Å². The van der Waals surface area contributed by atoms with Gasteiger partial charge in [-0.2, -0.15) is 0 Å². The van der Waals surface area contributed by atoms with E-state index in [-0.39, 0.29) is 5.91 Å². The van der Waals surface area contributed by atoms with Gasteiger partial charge in [0, 0.05) is 33.1 Å². The molecule has 14 heavy (non-hydrogen) atoms. The summed E-state index contributed by atoms with van der Waals surface area (Å²) in [5.74, 6) is 0.279. The molecule has 1 rings (SSSR count). The molecule has 1 unspecified atom stereocenters. The van der Waals surface area contributed by atoms with Crippen LogP contribution in [-0.2, 0) is 4.79 Å². The molecule has 1 heterocycles. The Balaban J connectivity index is 2.75. The normalized spacial score (nSPS) is 24.8. The minimum absolute atomic E-state index is 0.279. The molecule has 0 aromatic rings. The van der Waals surface area contributed by atoms with Crippen LogP contribution in [0.2, 0.25) is 0 Å². The molecule has 0 bridgehead atoms. The van der Waals surface area contributed by atoms with Crippen LogP contribution >= 0.6 is 8.37 Å². The Bertz CT molecular complexity index is 208. The van der Waals surface area contributed by atoms with E-state index in [0.717, 1.165) is 19.6 Å². The lowest BCUT2D eigenvalue weighted by molar-refractivity contribution is -0.127. The average Bonchev–Trinajstić information content (AvgIpc) is 2.19. The second-order valence-electron chi connectivity index (χ2n) is 3.46. The van der Waals surface area contributed by atoms with Gasteiger partial charge in [0.2, 0.25) is 5.91 Å². The molecule has 0 radical (unpaired) electrons. The molecule has 0 aliphatic carbocycles. The van der Waals surface area contributed by atoms with Gasteiger partial charge in [0.1, 0.15) is 0 Å². The van der Waals surface area contributed by atoms with Crippen LogP contribution in [0.5, 0.6) is 0 Å². The predicted molar refractivity (Wildman–Crippen MR) is 59.9 cm³/mol. The summed E-state index contributed by atoms with van der Waals surface area (Å²) in [5, 5.41) is 0.